The third-order valence-corrected chi connectivity index (χ3v) is 4.07. The second kappa shape index (κ2) is 7.92. The van der Waals surface area contributed by atoms with Gasteiger partial charge in [0, 0.05) is 18.7 Å². The van der Waals surface area contributed by atoms with E-state index < -0.39 is 0 Å². The van der Waals surface area contributed by atoms with Gasteiger partial charge in [0.2, 0.25) is 0 Å². The van der Waals surface area contributed by atoms with Crippen LogP contribution < -0.4 is 10.6 Å². The maximum Gasteiger partial charge on any atom is 0.270 e. The predicted octanol–water partition coefficient (Wildman–Crippen LogP) is 3.45. The zero-order valence-corrected chi connectivity index (χ0v) is 14.6. The molecule has 7 nitrogen and oxygen atoms in total. The maximum absolute atomic E-state index is 12.4. The van der Waals surface area contributed by atoms with Crippen molar-refractivity contribution in [1.82, 2.24) is 20.4 Å². The lowest BCUT2D eigenvalue weighted by Crippen LogP contribution is -2.26. The summed E-state index contributed by atoms with van der Waals surface area (Å²) in [5, 5.41) is 9.82. The second-order valence-electron chi connectivity index (χ2n) is 6.25. The van der Waals surface area contributed by atoms with Crippen LogP contribution in [0.3, 0.4) is 0 Å². The quantitative estimate of drug-likeness (QED) is 0.782. The lowest BCUT2D eigenvalue weighted by molar-refractivity contribution is 0.0948. The van der Waals surface area contributed by atoms with E-state index in [1.54, 1.807) is 19.1 Å². The van der Waals surface area contributed by atoms with E-state index >= 15 is 0 Å². The van der Waals surface area contributed by atoms with Crippen LogP contribution in [0.5, 0.6) is 0 Å². The normalized spacial score (nSPS) is 14.1. The molecule has 0 saturated heterocycles. The molecule has 2 aromatic heterocycles. The molecule has 0 atom stereocenters. The van der Waals surface area contributed by atoms with Gasteiger partial charge in [-0.2, -0.15) is 0 Å². The number of nitrogens with one attached hydrogen (secondary N) is 2. The number of rotatable bonds is 6. The van der Waals surface area contributed by atoms with Gasteiger partial charge in [-0.1, -0.05) is 16.8 Å². The molecular weight excluding hydrogens is 318 g/mol. The zero-order valence-electron chi connectivity index (χ0n) is 14.6. The minimum absolute atomic E-state index is 0.193. The first-order chi connectivity index (χ1) is 12.1. The van der Waals surface area contributed by atoms with Gasteiger partial charge in [0.15, 0.2) is 5.82 Å². The van der Waals surface area contributed by atoms with E-state index in [2.05, 4.69) is 31.8 Å². The molecule has 132 valence electrons. The summed E-state index contributed by atoms with van der Waals surface area (Å²) in [6, 6.07) is 3.38. The molecule has 0 radical (unpaired) electrons. The fraction of sp³-hybridized carbons (Fsp3) is 0.444. The molecule has 0 unspecified atom stereocenters. The molecule has 0 fully saturated rings. The van der Waals surface area contributed by atoms with Gasteiger partial charge in [-0.15, -0.1) is 0 Å². The Morgan fingerprint density at radius 2 is 2.08 bits per heavy atom. The molecule has 0 aromatic carbocycles. The van der Waals surface area contributed by atoms with Crippen molar-refractivity contribution in [2.24, 2.45) is 0 Å². The summed E-state index contributed by atoms with van der Waals surface area (Å²) in [4.78, 5) is 20.9. The van der Waals surface area contributed by atoms with Crippen molar-refractivity contribution in [3.05, 3.63) is 41.1 Å². The van der Waals surface area contributed by atoms with Gasteiger partial charge < -0.3 is 15.2 Å². The number of hydrogen-bond acceptors (Lipinski definition) is 6. The molecule has 3 rings (SSSR count). The third kappa shape index (κ3) is 4.89. The summed E-state index contributed by atoms with van der Waals surface area (Å²) >= 11 is 0. The summed E-state index contributed by atoms with van der Waals surface area (Å²) in [5.41, 5.74) is 1.78. The monoisotopic (exact) mass is 341 g/mol. The van der Waals surface area contributed by atoms with Gasteiger partial charge in [0.1, 0.15) is 23.1 Å². The van der Waals surface area contributed by atoms with Crippen molar-refractivity contribution in [3.63, 3.8) is 0 Å². The zero-order chi connectivity index (χ0) is 17.6. The number of carbonyl (C=O) groups excluding carboxylic acids is 1. The maximum atomic E-state index is 12.4. The van der Waals surface area contributed by atoms with Gasteiger partial charge in [-0.3, -0.25) is 4.79 Å². The summed E-state index contributed by atoms with van der Waals surface area (Å²) in [7, 11) is 0. The molecule has 0 bridgehead atoms. The Bertz CT molecular complexity index is 782. The van der Waals surface area contributed by atoms with Crippen LogP contribution >= 0.6 is 0 Å². The number of aryl methyl sites for hydroxylation is 2. The van der Waals surface area contributed by atoms with Crippen molar-refractivity contribution >= 4 is 17.5 Å². The van der Waals surface area contributed by atoms with Crippen LogP contribution in [-0.2, 0) is 0 Å². The van der Waals surface area contributed by atoms with E-state index in [1.807, 2.05) is 6.92 Å². The van der Waals surface area contributed by atoms with E-state index in [-0.39, 0.29) is 5.91 Å². The first kappa shape index (κ1) is 17.1. The summed E-state index contributed by atoms with van der Waals surface area (Å²) in [5.74, 6) is 2.09. The van der Waals surface area contributed by atoms with E-state index in [0.717, 1.165) is 19.3 Å². The fourth-order valence-corrected chi connectivity index (χ4v) is 2.86. The first-order valence-corrected chi connectivity index (χ1v) is 8.62. The predicted molar refractivity (Wildman–Crippen MR) is 94.8 cm³/mol. The molecule has 1 aliphatic rings. The van der Waals surface area contributed by atoms with Gasteiger partial charge >= 0.3 is 0 Å². The SMILES string of the molecule is Cc1nc(Nc2cc(C)on2)cc(C(=O)NCCC2=CCCCC2)n1. The molecule has 1 amide bonds. The smallest absolute Gasteiger partial charge is 0.270 e. The Hall–Kier alpha value is -2.70. The number of allylic oxidation sites excluding steroid dienone is 1. The molecule has 0 saturated carbocycles. The van der Waals surface area contributed by atoms with E-state index in [9.17, 15) is 4.79 Å². The summed E-state index contributed by atoms with van der Waals surface area (Å²) in [6.45, 7) is 4.19. The third-order valence-electron chi connectivity index (χ3n) is 4.07. The molecule has 7 heteroatoms. The Morgan fingerprint density at radius 3 is 2.80 bits per heavy atom. The molecular formula is C18H23N5O2. The largest absolute Gasteiger partial charge is 0.360 e. The lowest BCUT2D eigenvalue weighted by atomic mass is 9.97. The van der Waals surface area contributed by atoms with Crippen LogP contribution in [0.2, 0.25) is 0 Å². The van der Waals surface area contributed by atoms with Crippen LogP contribution in [-0.4, -0.2) is 27.6 Å². The Kier molecular flexibility index (Phi) is 5.42. The van der Waals surface area contributed by atoms with Crippen molar-refractivity contribution in [3.8, 4) is 0 Å². The van der Waals surface area contributed by atoms with Crippen molar-refractivity contribution in [2.75, 3.05) is 11.9 Å². The molecule has 25 heavy (non-hydrogen) atoms. The highest BCUT2D eigenvalue weighted by Gasteiger charge is 2.12. The Balaban J connectivity index is 1.60. The number of carbonyl (C=O) groups is 1. The lowest BCUT2D eigenvalue weighted by Gasteiger charge is -2.13. The fourth-order valence-electron chi connectivity index (χ4n) is 2.86. The number of hydrogen-bond donors (Lipinski definition) is 2. The number of amides is 1. The molecule has 0 spiro atoms. The highest BCUT2D eigenvalue weighted by Crippen LogP contribution is 2.19. The summed E-state index contributed by atoms with van der Waals surface area (Å²) < 4.78 is 5.01. The van der Waals surface area contributed by atoms with Crippen LogP contribution in [0, 0.1) is 13.8 Å². The van der Waals surface area contributed by atoms with Gasteiger partial charge in [-0.25, -0.2) is 9.97 Å². The van der Waals surface area contributed by atoms with Crippen LogP contribution in [0.1, 0.15) is 54.2 Å². The molecule has 2 N–H and O–H groups in total. The van der Waals surface area contributed by atoms with Crippen molar-refractivity contribution in [2.45, 2.75) is 46.0 Å². The van der Waals surface area contributed by atoms with Crippen molar-refractivity contribution in [1.29, 1.82) is 0 Å². The van der Waals surface area contributed by atoms with Crippen molar-refractivity contribution < 1.29 is 9.32 Å². The molecule has 1 aliphatic carbocycles. The summed E-state index contributed by atoms with van der Waals surface area (Å²) in [6.07, 6.45) is 8.03. The number of nitrogens with zero attached hydrogens (tertiary/aromatic N) is 3. The minimum atomic E-state index is -0.193. The second-order valence-corrected chi connectivity index (χ2v) is 6.25. The molecule has 0 aliphatic heterocycles. The van der Waals surface area contributed by atoms with E-state index in [1.165, 1.54) is 18.4 Å². The Labute approximate surface area is 146 Å². The van der Waals surface area contributed by atoms with Crippen LogP contribution in [0.25, 0.3) is 0 Å². The molecule has 2 heterocycles. The molecule has 2 aromatic rings. The van der Waals surface area contributed by atoms with Gasteiger partial charge in [0.25, 0.3) is 5.91 Å². The average molecular weight is 341 g/mol. The number of anilines is 2. The standard InChI is InChI=1S/C18H23N5O2/c1-12-10-17(23-25-12)22-16-11-15(20-13(2)21-16)18(24)19-9-8-14-6-4-3-5-7-14/h6,10-11H,3-5,7-9H2,1-2H3,(H,19,24)(H,20,21,22,23). The first-order valence-electron chi connectivity index (χ1n) is 8.62. The number of aromatic nitrogens is 3. The van der Waals surface area contributed by atoms with Crippen LogP contribution in [0.4, 0.5) is 11.6 Å². The van der Waals surface area contributed by atoms with E-state index in [0.29, 0.717) is 35.5 Å². The van der Waals surface area contributed by atoms with E-state index in [4.69, 9.17) is 4.52 Å². The topological polar surface area (TPSA) is 92.9 Å². The highest BCUT2D eigenvalue weighted by atomic mass is 16.5. The van der Waals surface area contributed by atoms with Gasteiger partial charge in [-0.05, 0) is 46.0 Å². The van der Waals surface area contributed by atoms with Crippen LogP contribution in [0.15, 0.2) is 28.3 Å². The average Bonchev–Trinajstić information content (AvgIpc) is 3.00. The highest BCUT2D eigenvalue weighted by molar-refractivity contribution is 5.93. The Morgan fingerprint density at radius 1 is 1.20 bits per heavy atom. The van der Waals surface area contributed by atoms with Gasteiger partial charge in [0.05, 0.1) is 0 Å². The minimum Gasteiger partial charge on any atom is -0.360 e.